The molecule has 8 heteroatoms. The molecule has 1 unspecified atom stereocenters. The van der Waals surface area contributed by atoms with E-state index in [-0.39, 0.29) is 29.0 Å². The topological polar surface area (TPSA) is 44.7 Å². The largest absolute Gasteiger partial charge is 0.416 e. The van der Waals surface area contributed by atoms with Crippen LogP contribution >= 0.6 is 0 Å². The maximum absolute atomic E-state index is 14.8. The molecule has 3 rings (SSSR count). The van der Waals surface area contributed by atoms with Gasteiger partial charge in [0, 0.05) is 23.3 Å². The van der Waals surface area contributed by atoms with E-state index in [0.717, 1.165) is 36.3 Å². The molecule has 1 aliphatic rings. The Labute approximate surface area is 185 Å². The first kappa shape index (κ1) is 23.8. The Morgan fingerprint density at radius 1 is 1.28 bits per heavy atom. The van der Waals surface area contributed by atoms with Gasteiger partial charge in [-0.05, 0) is 62.4 Å². The fraction of sp³-hybridized carbons (Fsp3) is 0.417. The molecule has 172 valence electrons. The number of fused-ring (bicyclic) bond motifs is 1. The van der Waals surface area contributed by atoms with Gasteiger partial charge in [-0.25, -0.2) is 9.82 Å². The predicted octanol–water partition coefficient (Wildman–Crippen LogP) is 5.65. The smallest absolute Gasteiger partial charge is 0.366 e. The van der Waals surface area contributed by atoms with Crippen LogP contribution in [0.3, 0.4) is 0 Å². The molecule has 1 N–H and O–H groups in total. The number of anilines is 1. The number of rotatable bonds is 5. The number of benzene rings is 2. The van der Waals surface area contributed by atoms with Gasteiger partial charge in [0.25, 0.3) is 0 Å². The molecule has 0 bridgehead atoms. The fourth-order valence-electron chi connectivity index (χ4n) is 4.47. The number of carbonyl (C=O) groups excluding carboxylic acids is 1. The number of nitrogens with one attached hydrogen (secondary N) is 1. The van der Waals surface area contributed by atoms with Gasteiger partial charge in [0.2, 0.25) is 5.91 Å². The molecule has 1 aliphatic heterocycles. The number of hydrogen-bond acceptors (Lipinski definition) is 3. The third kappa shape index (κ3) is 5.11. The van der Waals surface area contributed by atoms with Gasteiger partial charge < -0.3 is 4.90 Å². The van der Waals surface area contributed by atoms with E-state index in [1.807, 2.05) is 6.92 Å². The summed E-state index contributed by atoms with van der Waals surface area (Å²) in [7, 11) is 0. The zero-order chi connectivity index (χ0) is 23.7. The van der Waals surface area contributed by atoms with E-state index >= 15 is 0 Å². The molecule has 1 amide bonds. The van der Waals surface area contributed by atoms with Gasteiger partial charge in [-0.2, -0.15) is 18.3 Å². The summed E-state index contributed by atoms with van der Waals surface area (Å²) in [6.07, 6.45) is -2.61. The molecule has 2 aromatic carbocycles. The molecule has 4 nitrogen and oxygen atoms in total. The standard InChI is InChI=1S/C24H27F4N3O/c1-5-31-21-12-20(25)17(11-19(21)15(2)13-23(31,3)4)14-29-30-22(32)10-16-7-6-8-18(9-16)24(26,27)28/h6-9,11-12,14-15H,5,10,13H2,1-4H3,(H,30,32)/b29-14+. The highest BCUT2D eigenvalue weighted by Crippen LogP contribution is 2.43. The van der Waals surface area contributed by atoms with Gasteiger partial charge in [0.15, 0.2) is 0 Å². The highest BCUT2D eigenvalue weighted by Gasteiger charge is 2.36. The van der Waals surface area contributed by atoms with E-state index in [9.17, 15) is 22.4 Å². The van der Waals surface area contributed by atoms with Crippen LogP contribution in [-0.4, -0.2) is 24.2 Å². The molecule has 0 aromatic heterocycles. The number of nitrogens with zero attached hydrogens (tertiary/aromatic N) is 2. The summed E-state index contributed by atoms with van der Waals surface area (Å²) >= 11 is 0. The summed E-state index contributed by atoms with van der Waals surface area (Å²) in [4.78, 5) is 14.3. The molecular weight excluding hydrogens is 422 g/mol. The molecule has 0 saturated heterocycles. The number of amides is 1. The molecule has 1 atom stereocenters. The summed E-state index contributed by atoms with van der Waals surface area (Å²) in [6, 6.07) is 7.80. The van der Waals surface area contributed by atoms with Gasteiger partial charge in [0.05, 0.1) is 18.2 Å². The first-order valence-corrected chi connectivity index (χ1v) is 10.5. The van der Waals surface area contributed by atoms with Gasteiger partial charge in [-0.1, -0.05) is 25.1 Å². The Kier molecular flexibility index (Phi) is 6.62. The summed E-state index contributed by atoms with van der Waals surface area (Å²) < 4.78 is 53.2. The monoisotopic (exact) mass is 449 g/mol. The highest BCUT2D eigenvalue weighted by atomic mass is 19.4. The molecule has 2 aromatic rings. The summed E-state index contributed by atoms with van der Waals surface area (Å²) in [5.74, 6) is -0.819. The average molecular weight is 449 g/mol. The number of carbonyl (C=O) groups is 1. The van der Waals surface area contributed by atoms with Crippen molar-refractivity contribution in [2.24, 2.45) is 5.10 Å². The van der Waals surface area contributed by atoms with Gasteiger partial charge in [-0.15, -0.1) is 0 Å². The number of alkyl halides is 3. The zero-order valence-corrected chi connectivity index (χ0v) is 18.6. The van der Waals surface area contributed by atoms with Crippen molar-refractivity contribution in [2.45, 2.75) is 58.2 Å². The second-order valence-corrected chi connectivity index (χ2v) is 8.76. The third-order valence-electron chi connectivity index (χ3n) is 5.83. The Morgan fingerprint density at radius 2 is 2.00 bits per heavy atom. The first-order chi connectivity index (χ1) is 14.9. The van der Waals surface area contributed by atoms with E-state index in [4.69, 9.17) is 0 Å². The molecule has 0 radical (unpaired) electrons. The van der Waals surface area contributed by atoms with Gasteiger partial charge >= 0.3 is 6.18 Å². The molecule has 0 spiro atoms. The van der Waals surface area contributed by atoms with Crippen molar-refractivity contribution in [2.75, 3.05) is 11.4 Å². The molecule has 0 saturated carbocycles. The molecule has 1 heterocycles. The Morgan fingerprint density at radius 3 is 2.66 bits per heavy atom. The Balaban J connectivity index is 1.72. The van der Waals surface area contributed by atoms with Crippen molar-refractivity contribution < 1.29 is 22.4 Å². The van der Waals surface area contributed by atoms with Crippen LogP contribution < -0.4 is 10.3 Å². The van der Waals surface area contributed by atoms with E-state index in [1.165, 1.54) is 24.4 Å². The van der Waals surface area contributed by atoms with Crippen LogP contribution in [0.4, 0.5) is 23.2 Å². The number of hydrogen-bond donors (Lipinski definition) is 1. The lowest BCUT2D eigenvalue weighted by molar-refractivity contribution is -0.137. The normalized spacial score (nSPS) is 18.0. The lowest BCUT2D eigenvalue weighted by Crippen LogP contribution is -2.48. The molecular formula is C24H27F4N3O. The SMILES string of the molecule is CCN1c2cc(F)c(/C=N/NC(=O)Cc3cccc(C(F)(F)F)c3)cc2C(C)CC1(C)C. The maximum Gasteiger partial charge on any atom is 0.416 e. The Hall–Kier alpha value is -2.90. The second-order valence-electron chi connectivity index (χ2n) is 8.76. The van der Waals surface area contributed by atoms with Gasteiger partial charge in [-0.3, -0.25) is 4.79 Å². The van der Waals surface area contributed by atoms with Crippen molar-refractivity contribution in [3.8, 4) is 0 Å². The van der Waals surface area contributed by atoms with Crippen molar-refractivity contribution in [1.82, 2.24) is 5.43 Å². The lowest BCUT2D eigenvalue weighted by Gasteiger charge is -2.47. The van der Waals surface area contributed by atoms with Crippen LogP contribution in [0.5, 0.6) is 0 Å². The van der Waals surface area contributed by atoms with Crippen molar-refractivity contribution >= 4 is 17.8 Å². The minimum Gasteiger partial charge on any atom is -0.366 e. The molecule has 32 heavy (non-hydrogen) atoms. The van der Waals surface area contributed by atoms with E-state index in [2.05, 4.69) is 36.2 Å². The van der Waals surface area contributed by atoms with Crippen molar-refractivity contribution in [3.05, 3.63) is 64.5 Å². The van der Waals surface area contributed by atoms with Crippen molar-refractivity contribution in [1.29, 1.82) is 0 Å². The highest BCUT2D eigenvalue weighted by molar-refractivity contribution is 5.85. The van der Waals surface area contributed by atoms with Crippen LogP contribution in [0.2, 0.25) is 0 Å². The van der Waals surface area contributed by atoms with E-state index in [1.54, 1.807) is 6.07 Å². The summed E-state index contributed by atoms with van der Waals surface area (Å²) in [5, 5.41) is 3.81. The zero-order valence-electron chi connectivity index (χ0n) is 18.6. The Bertz CT molecular complexity index is 1030. The maximum atomic E-state index is 14.8. The summed E-state index contributed by atoms with van der Waals surface area (Å²) in [6.45, 7) is 9.18. The van der Waals surface area contributed by atoms with Crippen LogP contribution in [-0.2, 0) is 17.4 Å². The predicted molar refractivity (Wildman–Crippen MR) is 117 cm³/mol. The van der Waals surface area contributed by atoms with Crippen molar-refractivity contribution in [3.63, 3.8) is 0 Å². The van der Waals surface area contributed by atoms with Crippen LogP contribution in [0.1, 0.15) is 62.3 Å². The fourth-order valence-corrected chi connectivity index (χ4v) is 4.47. The third-order valence-corrected chi connectivity index (χ3v) is 5.83. The van der Waals surface area contributed by atoms with Crippen LogP contribution in [0, 0.1) is 5.82 Å². The quantitative estimate of drug-likeness (QED) is 0.364. The minimum atomic E-state index is -4.48. The minimum absolute atomic E-state index is 0.0827. The van der Waals surface area contributed by atoms with Crippen LogP contribution in [0.15, 0.2) is 41.5 Å². The van der Waals surface area contributed by atoms with Crippen LogP contribution in [0.25, 0.3) is 0 Å². The summed E-state index contributed by atoms with van der Waals surface area (Å²) in [5.41, 5.74) is 3.69. The molecule has 0 aliphatic carbocycles. The number of halogens is 4. The first-order valence-electron chi connectivity index (χ1n) is 10.5. The lowest BCUT2D eigenvalue weighted by atomic mass is 9.79. The van der Waals surface area contributed by atoms with Gasteiger partial charge in [0.1, 0.15) is 5.82 Å². The molecule has 0 fully saturated rings. The van der Waals surface area contributed by atoms with E-state index < -0.39 is 23.5 Å². The average Bonchev–Trinajstić information content (AvgIpc) is 2.68. The second kappa shape index (κ2) is 8.92. The van der Waals surface area contributed by atoms with E-state index in [0.29, 0.717) is 0 Å². The number of hydrazone groups is 1.